The Kier molecular flexibility index (Phi) is 3.57. The third kappa shape index (κ3) is 2.35. The first kappa shape index (κ1) is 10.3. The van der Waals surface area contributed by atoms with Gasteiger partial charge in [-0.05, 0) is 40.4 Å². The Balaban J connectivity index is 2.90. The number of phenolic OH excluding ortho intramolecular Hbond substituents is 2. The first-order valence-corrected chi connectivity index (χ1v) is 4.76. The molecule has 1 aromatic carbocycles. The molecular formula is C9H11BrO3. The van der Waals surface area contributed by atoms with Crippen molar-refractivity contribution in [3.05, 3.63) is 22.2 Å². The Morgan fingerprint density at radius 3 is 2.46 bits per heavy atom. The molecule has 0 aromatic heterocycles. The van der Waals surface area contributed by atoms with Gasteiger partial charge in [0.05, 0.1) is 4.47 Å². The minimum absolute atomic E-state index is 0.0796. The molecule has 0 saturated heterocycles. The molecule has 0 saturated carbocycles. The number of phenols is 2. The summed E-state index contributed by atoms with van der Waals surface area (Å²) in [6.07, 6.45) is 1.14. The van der Waals surface area contributed by atoms with E-state index in [9.17, 15) is 10.2 Å². The van der Waals surface area contributed by atoms with Crippen LogP contribution in [0.2, 0.25) is 0 Å². The molecule has 13 heavy (non-hydrogen) atoms. The highest BCUT2D eigenvalue weighted by Gasteiger charge is 2.08. The van der Waals surface area contributed by atoms with Crippen molar-refractivity contribution < 1.29 is 15.3 Å². The van der Waals surface area contributed by atoms with Gasteiger partial charge in [-0.15, -0.1) is 0 Å². The van der Waals surface area contributed by atoms with Gasteiger partial charge in [0.2, 0.25) is 0 Å². The number of halogens is 1. The van der Waals surface area contributed by atoms with E-state index in [4.69, 9.17) is 5.11 Å². The van der Waals surface area contributed by atoms with Gasteiger partial charge < -0.3 is 15.3 Å². The maximum absolute atomic E-state index is 9.44. The van der Waals surface area contributed by atoms with Gasteiger partial charge in [0.1, 0.15) is 0 Å². The highest BCUT2D eigenvalue weighted by atomic mass is 79.9. The van der Waals surface area contributed by atoms with E-state index >= 15 is 0 Å². The molecule has 72 valence electrons. The predicted molar refractivity (Wildman–Crippen MR) is 52.9 cm³/mol. The number of benzene rings is 1. The van der Waals surface area contributed by atoms with Crippen molar-refractivity contribution >= 4 is 15.9 Å². The zero-order valence-corrected chi connectivity index (χ0v) is 8.58. The molecule has 0 atom stereocenters. The van der Waals surface area contributed by atoms with Crippen LogP contribution in [0.25, 0.3) is 0 Å². The van der Waals surface area contributed by atoms with E-state index in [1.54, 1.807) is 12.1 Å². The van der Waals surface area contributed by atoms with Crippen molar-refractivity contribution in [1.82, 2.24) is 0 Å². The van der Waals surface area contributed by atoms with Crippen LogP contribution in [0.1, 0.15) is 12.0 Å². The summed E-state index contributed by atoms with van der Waals surface area (Å²) in [4.78, 5) is 0. The largest absolute Gasteiger partial charge is 0.504 e. The second kappa shape index (κ2) is 4.48. The van der Waals surface area contributed by atoms with Gasteiger partial charge in [-0.1, -0.05) is 6.07 Å². The summed E-state index contributed by atoms with van der Waals surface area (Å²) in [7, 11) is 0. The molecule has 0 heterocycles. The number of hydrogen-bond donors (Lipinski definition) is 3. The number of rotatable bonds is 3. The molecule has 1 rings (SSSR count). The standard InChI is InChI=1S/C9H11BrO3/c10-7-4-3-6(2-1-5-11)8(12)9(7)13/h3-4,11-13H,1-2,5H2. The Morgan fingerprint density at radius 2 is 1.85 bits per heavy atom. The van der Waals surface area contributed by atoms with Crippen LogP contribution in [-0.2, 0) is 6.42 Å². The van der Waals surface area contributed by atoms with Gasteiger partial charge >= 0.3 is 0 Å². The van der Waals surface area contributed by atoms with Gasteiger partial charge in [-0.25, -0.2) is 0 Å². The number of aryl methyl sites for hydroxylation is 1. The molecule has 0 aliphatic heterocycles. The second-order valence-electron chi connectivity index (χ2n) is 2.73. The maximum Gasteiger partial charge on any atom is 0.172 e. The van der Waals surface area contributed by atoms with Crippen molar-refractivity contribution in [2.45, 2.75) is 12.8 Å². The molecule has 4 heteroatoms. The quantitative estimate of drug-likeness (QED) is 0.713. The van der Waals surface area contributed by atoms with Gasteiger partial charge in [-0.2, -0.15) is 0 Å². The van der Waals surface area contributed by atoms with Crippen LogP contribution in [0.4, 0.5) is 0 Å². The molecule has 0 spiro atoms. The highest BCUT2D eigenvalue weighted by Crippen LogP contribution is 2.36. The van der Waals surface area contributed by atoms with E-state index in [2.05, 4.69) is 15.9 Å². The summed E-state index contributed by atoms with van der Waals surface area (Å²) in [5, 5.41) is 27.4. The fourth-order valence-electron chi connectivity index (χ4n) is 1.07. The van der Waals surface area contributed by atoms with Crippen LogP contribution >= 0.6 is 15.9 Å². The normalized spacial score (nSPS) is 10.3. The van der Waals surface area contributed by atoms with E-state index in [0.717, 1.165) is 0 Å². The number of hydrogen-bond acceptors (Lipinski definition) is 3. The van der Waals surface area contributed by atoms with Crippen molar-refractivity contribution in [2.24, 2.45) is 0 Å². The first-order valence-electron chi connectivity index (χ1n) is 3.97. The zero-order valence-electron chi connectivity index (χ0n) is 7.00. The predicted octanol–water partition coefficient (Wildman–Crippen LogP) is 1.79. The summed E-state index contributed by atoms with van der Waals surface area (Å²) in [6.45, 7) is 0.0796. The van der Waals surface area contributed by atoms with E-state index in [0.29, 0.717) is 22.9 Å². The van der Waals surface area contributed by atoms with Gasteiger partial charge in [-0.3, -0.25) is 0 Å². The van der Waals surface area contributed by atoms with Crippen LogP contribution in [0.15, 0.2) is 16.6 Å². The molecule has 3 nitrogen and oxygen atoms in total. The average Bonchev–Trinajstić information content (AvgIpc) is 2.13. The molecule has 0 bridgehead atoms. The van der Waals surface area contributed by atoms with Crippen LogP contribution < -0.4 is 0 Å². The number of aromatic hydroxyl groups is 2. The third-order valence-corrected chi connectivity index (χ3v) is 2.43. The molecule has 0 radical (unpaired) electrons. The first-order chi connectivity index (χ1) is 6.16. The van der Waals surface area contributed by atoms with Gasteiger partial charge in [0.15, 0.2) is 11.5 Å². The summed E-state index contributed by atoms with van der Waals surface area (Å²) in [6, 6.07) is 3.39. The van der Waals surface area contributed by atoms with E-state index in [-0.39, 0.29) is 18.1 Å². The summed E-state index contributed by atoms with van der Waals surface area (Å²) < 4.78 is 0.470. The molecule has 0 aliphatic rings. The van der Waals surface area contributed by atoms with Gasteiger partial charge in [0, 0.05) is 6.61 Å². The summed E-state index contributed by atoms with van der Waals surface area (Å²) in [5.74, 6) is -0.252. The van der Waals surface area contributed by atoms with Crippen LogP contribution in [0.3, 0.4) is 0 Å². The lowest BCUT2D eigenvalue weighted by molar-refractivity contribution is 0.287. The van der Waals surface area contributed by atoms with Crippen LogP contribution in [0, 0.1) is 0 Å². The SMILES string of the molecule is OCCCc1ccc(Br)c(O)c1O. The van der Waals surface area contributed by atoms with Crippen molar-refractivity contribution in [3.8, 4) is 11.5 Å². The molecular weight excluding hydrogens is 236 g/mol. The molecule has 3 N–H and O–H groups in total. The lowest BCUT2D eigenvalue weighted by Gasteiger charge is -2.06. The average molecular weight is 247 g/mol. The molecule has 0 fully saturated rings. The smallest absolute Gasteiger partial charge is 0.172 e. The topological polar surface area (TPSA) is 60.7 Å². The van der Waals surface area contributed by atoms with E-state index in [1.165, 1.54) is 0 Å². The Morgan fingerprint density at radius 1 is 1.15 bits per heavy atom. The Bertz CT molecular complexity index is 299. The second-order valence-corrected chi connectivity index (χ2v) is 3.59. The highest BCUT2D eigenvalue weighted by molar-refractivity contribution is 9.10. The molecule has 0 amide bonds. The third-order valence-electron chi connectivity index (χ3n) is 1.79. The van der Waals surface area contributed by atoms with Crippen molar-refractivity contribution in [1.29, 1.82) is 0 Å². The Labute approximate surface area is 84.8 Å². The summed E-state index contributed by atoms with van der Waals surface area (Å²) in [5.41, 5.74) is 0.648. The van der Waals surface area contributed by atoms with Crippen LogP contribution in [0.5, 0.6) is 11.5 Å². The van der Waals surface area contributed by atoms with E-state index in [1.807, 2.05) is 0 Å². The van der Waals surface area contributed by atoms with Crippen LogP contribution in [-0.4, -0.2) is 21.9 Å². The van der Waals surface area contributed by atoms with Gasteiger partial charge in [0.25, 0.3) is 0 Å². The number of aliphatic hydroxyl groups excluding tert-OH is 1. The fourth-order valence-corrected chi connectivity index (χ4v) is 1.39. The molecule has 1 aromatic rings. The monoisotopic (exact) mass is 246 g/mol. The maximum atomic E-state index is 9.44. The molecule has 0 aliphatic carbocycles. The lowest BCUT2D eigenvalue weighted by atomic mass is 10.1. The number of aliphatic hydroxyl groups is 1. The lowest BCUT2D eigenvalue weighted by Crippen LogP contribution is -1.90. The van der Waals surface area contributed by atoms with Crippen molar-refractivity contribution in [2.75, 3.05) is 6.61 Å². The van der Waals surface area contributed by atoms with E-state index < -0.39 is 0 Å². The Hall–Kier alpha value is -0.740. The zero-order chi connectivity index (χ0) is 9.84. The fraction of sp³-hybridized carbons (Fsp3) is 0.333. The minimum Gasteiger partial charge on any atom is -0.504 e. The van der Waals surface area contributed by atoms with Crippen molar-refractivity contribution in [3.63, 3.8) is 0 Å². The molecule has 0 unspecified atom stereocenters. The minimum atomic E-state index is -0.143. The summed E-state index contributed by atoms with van der Waals surface area (Å²) >= 11 is 3.09.